The van der Waals surface area contributed by atoms with Crippen LogP contribution in [0.15, 0.2) is 12.5 Å². The highest BCUT2D eigenvalue weighted by molar-refractivity contribution is 5.37. The van der Waals surface area contributed by atoms with Crippen molar-refractivity contribution in [2.45, 2.75) is 0 Å². The maximum absolute atomic E-state index is 4.10. The average molecular weight is 166 g/mol. The van der Waals surface area contributed by atoms with E-state index < -0.39 is 0 Å². The van der Waals surface area contributed by atoms with E-state index in [0.717, 1.165) is 26.2 Å². The third kappa shape index (κ3) is 1.30. The van der Waals surface area contributed by atoms with Crippen molar-refractivity contribution >= 4 is 5.82 Å². The summed E-state index contributed by atoms with van der Waals surface area (Å²) in [6.07, 6.45) is 3.77. The van der Waals surface area contributed by atoms with Crippen LogP contribution in [0.25, 0.3) is 0 Å². The number of nitrogens with one attached hydrogen (secondary N) is 1. The molecule has 1 aliphatic heterocycles. The van der Waals surface area contributed by atoms with Gasteiger partial charge in [-0.15, -0.1) is 0 Å². The Bertz CT molecular complexity index is 249. The number of aromatic nitrogens is 2. The standard InChI is InChI=1S/C8H14N4/c1-11-7-10-6-8(11)12-4-2-9-3-5-12/h6-7,9H,2-5H2,1H3. The van der Waals surface area contributed by atoms with Gasteiger partial charge in [0.05, 0.1) is 12.5 Å². The quantitative estimate of drug-likeness (QED) is 0.629. The largest absolute Gasteiger partial charge is 0.354 e. The van der Waals surface area contributed by atoms with E-state index in [9.17, 15) is 0 Å². The first-order valence-corrected chi connectivity index (χ1v) is 4.30. The van der Waals surface area contributed by atoms with Crippen molar-refractivity contribution in [1.82, 2.24) is 14.9 Å². The second kappa shape index (κ2) is 3.15. The molecule has 2 heterocycles. The molecule has 1 fully saturated rings. The highest BCUT2D eigenvalue weighted by Gasteiger charge is 2.12. The number of aryl methyl sites for hydroxylation is 1. The highest BCUT2D eigenvalue weighted by Crippen LogP contribution is 2.11. The van der Waals surface area contributed by atoms with Gasteiger partial charge in [0.15, 0.2) is 0 Å². The van der Waals surface area contributed by atoms with Gasteiger partial charge in [-0.3, -0.25) is 0 Å². The van der Waals surface area contributed by atoms with Crippen molar-refractivity contribution in [2.24, 2.45) is 7.05 Å². The minimum atomic E-state index is 1.07. The predicted octanol–water partition coefficient (Wildman–Crippen LogP) is -0.170. The van der Waals surface area contributed by atoms with E-state index in [2.05, 4.69) is 19.8 Å². The predicted molar refractivity (Wildman–Crippen MR) is 48.3 cm³/mol. The van der Waals surface area contributed by atoms with E-state index in [1.165, 1.54) is 5.82 Å². The van der Waals surface area contributed by atoms with Gasteiger partial charge < -0.3 is 14.8 Å². The summed E-state index contributed by atoms with van der Waals surface area (Å²) in [6.45, 7) is 4.31. The maximum Gasteiger partial charge on any atom is 0.128 e. The first-order chi connectivity index (χ1) is 5.88. The van der Waals surface area contributed by atoms with Crippen molar-refractivity contribution in [2.75, 3.05) is 31.1 Å². The van der Waals surface area contributed by atoms with Gasteiger partial charge in [-0.25, -0.2) is 4.98 Å². The van der Waals surface area contributed by atoms with E-state index >= 15 is 0 Å². The first-order valence-electron chi connectivity index (χ1n) is 4.30. The lowest BCUT2D eigenvalue weighted by Gasteiger charge is -2.28. The molecular formula is C8H14N4. The number of rotatable bonds is 1. The Labute approximate surface area is 72.2 Å². The molecule has 0 aromatic carbocycles. The molecule has 0 radical (unpaired) electrons. The van der Waals surface area contributed by atoms with Crippen molar-refractivity contribution < 1.29 is 0 Å². The minimum Gasteiger partial charge on any atom is -0.354 e. The molecule has 0 aliphatic carbocycles. The maximum atomic E-state index is 4.10. The Kier molecular flexibility index (Phi) is 1.99. The fourth-order valence-electron chi connectivity index (χ4n) is 1.55. The number of hydrogen-bond acceptors (Lipinski definition) is 3. The van der Waals surface area contributed by atoms with Crippen LogP contribution in [0.2, 0.25) is 0 Å². The summed E-state index contributed by atoms with van der Waals surface area (Å²) in [7, 11) is 2.03. The van der Waals surface area contributed by atoms with Gasteiger partial charge in [0.25, 0.3) is 0 Å². The molecule has 0 amide bonds. The van der Waals surface area contributed by atoms with Crippen molar-refractivity contribution in [3.05, 3.63) is 12.5 Å². The summed E-state index contributed by atoms with van der Waals surface area (Å²) in [5.74, 6) is 1.22. The van der Waals surface area contributed by atoms with E-state index in [1.54, 1.807) is 0 Å². The van der Waals surface area contributed by atoms with Crippen LogP contribution in [0.5, 0.6) is 0 Å². The number of anilines is 1. The molecular weight excluding hydrogens is 152 g/mol. The fraction of sp³-hybridized carbons (Fsp3) is 0.625. The molecule has 0 saturated carbocycles. The third-order valence-corrected chi connectivity index (χ3v) is 2.23. The van der Waals surface area contributed by atoms with Gasteiger partial charge >= 0.3 is 0 Å². The Balaban J connectivity index is 2.13. The average Bonchev–Trinajstić information content (AvgIpc) is 2.53. The summed E-state index contributed by atoms with van der Waals surface area (Å²) >= 11 is 0. The van der Waals surface area contributed by atoms with Gasteiger partial charge in [0, 0.05) is 33.2 Å². The number of nitrogens with zero attached hydrogens (tertiary/aromatic N) is 3. The zero-order chi connectivity index (χ0) is 8.39. The number of piperazine rings is 1. The molecule has 0 atom stereocenters. The summed E-state index contributed by atoms with van der Waals surface area (Å²) in [4.78, 5) is 6.45. The first kappa shape index (κ1) is 7.61. The van der Waals surface area contributed by atoms with Crippen LogP contribution in [-0.4, -0.2) is 35.7 Å². The smallest absolute Gasteiger partial charge is 0.128 e. The van der Waals surface area contributed by atoms with E-state index in [1.807, 2.05) is 19.6 Å². The molecule has 0 bridgehead atoms. The van der Waals surface area contributed by atoms with Crippen LogP contribution >= 0.6 is 0 Å². The summed E-state index contributed by atoms with van der Waals surface area (Å²) in [5, 5.41) is 3.32. The normalized spacial score (nSPS) is 18.2. The number of imidazole rings is 1. The van der Waals surface area contributed by atoms with Crippen LogP contribution < -0.4 is 10.2 Å². The Hall–Kier alpha value is -1.03. The molecule has 1 saturated heterocycles. The molecule has 0 spiro atoms. The molecule has 4 heteroatoms. The van der Waals surface area contributed by atoms with Crippen molar-refractivity contribution in [3.8, 4) is 0 Å². The monoisotopic (exact) mass is 166 g/mol. The molecule has 1 aliphatic rings. The van der Waals surface area contributed by atoms with Gasteiger partial charge in [-0.05, 0) is 0 Å². The fourth-order valence-corrected chi connectivity index (χ4v) is 1.55. The zero-order valence-corrected chi connectivity index (χ0v) is 7.32. The lowest BCUT2D eigenvalue weighted by molar-refractivity contribution is 0.579. The second-order valence-electron chi connectivity index (χ2n) is 3.10. The van der Waals surface area contributed by atoms with Crippen LogP contribution in [0.1, 0.15) is 0 Å². The molecule has 2 rings (SSSR count). The minimum absolute atomic E-state index is 1.07. The van der Waals surface area contributed by atoms with Crippen molar-refractivity contribution in [1.29, 1.82) is 0 Å². The van der Waals surface area contributed by atoms with Crippen molar-refractivity contribution in [3.63, 3.8) is 0 Å². The molecule has 1 aromatic heterocycles. The molecule has 1 N–H and O–H groups in total. The molecule has 1 aromatic rings. The molecule has 66 valence electrons. The summed E-state index contributed by atoms with van der Waals surface area (Å²) < 4.78 is 2.06. The lowest BCUT2D eigenvalue weighted by atomic mass is 10.4. The van der Waals surface area contributed by atoms with E-state index in [4.69, 9.17) is 0 Å². The van der Waals surface area contributed by atoms with Gasteiger partial charge in [-0.1, -0.05) is 0 Å². The lowest BCUT2D eigenvalue weighted by Crippen LogP contribution is -2.44. The van der Waals surface area contributed by atoms with Gasteiger partial charge in [0.2, 0.25) is 0 Å². The van der Waals surface area contributed by atoms with Gasteiger partial charge in [0.1, 0.15) is 5.82 Å². The molecule has 12 heavy (non-hydrogen) atoms. The third-order valence-electron chi connectivity index (χ3n) is 2.23. The van der Waals surface area contributed by atoms with Crippen LogP contribution in [0.4, 0.5) is 5.82 Å². The van der Waals surface area contributed by atoms with Crippen LogP contribution in [-0.2, 0) is 7.05 Å². The second-order valence-corrected chi connectivity index (χ2v) is 3.10. The topological polar surface area (TPSA) is 33.1 Å². The molecule has 0 unspecified atom stereocenters. The zero-order valence-electron chi connectivity index (χ0n) is 7.32. The van der Waals surface area contributed by atoms with E-state index in [0.29, 0.717) is 0 Å². The summed E-state index contributed by atoms with van der Waals surface area (Å²) in [5.41, 5.74) is 0. The summed E-state index contributed by atoms with van der Waals surface area (Å²) in [6, 6.07) is 0. The highest BCUT2D eigenvalue weighted by atomic mass is 15.3. The van der Waals surface area contributed by atoms with Crippen LogP contribution in [0.3, 0.4) is 0 Å². The number of hydrogen-bond donors (Lipinski definition) is 1. The molecule has 4 nitrogen and oxygen atoms in total. The van der Waals surface area contributed by atoms with E-state index in [-0.39, 0.29) is 0 Å². The van der Waals surface area contributed by atoms with Gasteiger partial charge in [-0.2, -0.15) is 0 Å². The Morgan fingerprint density at radius 3 is 2.75 bits per heavy atom. The Morgan fingerprint density at radius 2 is 2.17 bits per heavy atom. The SMILES string of the molecule is Cn1cncc1N1CCNCC1. The van der Waals surface area contributed by atoms with Crippen LogP contribution in [0, 0.1) is 0 Å². The Morgan fingerprint density at radius 1 is 1.42 bits per heavy atom.